The van der Waals surface area contributed by atoms with Crippen molar-refractivity contribution in [2.75, 3.05) is 0 Å². The molecule has 0 aliphatic heterocycles. The lowest BCUT2D eigenvalue weighted by Crippen LogP contribution is -1.87. The van der Waals surface area contributed by atoms with Crippen LogP contribution in [0.15, 0.2) is 103 Å². The van der Waals surface area contributed by atoms with Gasteiger partial charge in [-0.15, -0.1) is 0 Å². The summed E-state index contributed by atoms with van der Waals surface area (Å²) in [5, 5.41) is 8.02. The monoisotopic (exact) mass is 368 g/mol. The Morgan fingerprint density at radius 1 is 0.448 bits per heavy atom. The minimum absolute atomic E-state index is 1.26. The maximum atomic E-state index is 2.29. The van der Waals surface area contributed by atoms with E-state index in [0.717, 1.165) is 0 Å². The van der Waals surface area contributed by atoms with E-state index in [1.165, 1.54) is 60.1 Å². The molecule has 6 aromatic rings. The largest absolute Gasteiger partial charge is 0.0614 e. The predicted molar refractivity (Wildman–Crippen MR) is 126 cm³/mol. The number of hydrogen-bond acceptors (Lipinski definition) is 0. The van der Waals surface area contributed by atoms with Gasteiger partial charge in [0.2, 0.25) is 0 Å². The fraction of sp³-hybridized carbons (Fsp3) is 0.0345. The van der Waals surface area contributed by atoms with Crippen molar-refractivity contribution >= 4 is 32.3 Å². The molecule has 0 saturated heterocycles. The maximum Gasteiger partial charge on any atom is -0.00206 e. The van der Waals surface area contributed by atoms with E-state index in [1.54, 1.807) is 0 Å². The highest BCUT2D eigenvalue weighted by Gasteiger charge is 2.11. The van der Waals surface area contributed by atoms with Crippen LogP contribution in [0.5, 0.6) is 0 Å². The van der Waals surface area contributed by atoms with E-state index in [-0.39, 0.29) is 0 Å². The molecule has 0 radical (unpaired) electrons. The second-order valence-electron chi connectivity index (χ2n) is 7.92. The summed E-state index contributed by atoms with van der Waals surface area (Å²) < 4.78 is 0. The Bertz CT molecular complexity index is 1470. The van der Waals surface area contributed by atoms with Gasteiger partial charge < -0.3 is 0 Å². The molecule has 0 aliphatic rings. The minimum atomic E-state index is 1.26. The molecule has 0 heteroatoms. The fourth-order valence-corrected chi connectivity index (χ4v) is 4.65. The summed E-state index contributed by atoms with van der Waals surface area (Å²) in [5.74, 6) is 0. The third-order valence-electron chi connectivity index (χ3n) is 6.08. The van der Waals surface area contributed by atoms with Crippen LogP contribution in [0, 0.1) is 6.92 Å². The summed E-state index contributed by atoms with van der Waals surface area (Å²) in [4.78, 5) is 0. The number of benzene rings is 6. The summed E-state index contributed by atoms with van der Waals surface area (Å²) in [6.07, 6.45) is 0. The Kier molecular flexibility index (Phi) is 3.48. The molecule has 0 saturated carbocycles. The van der Waals surface area contributed by atoms with Crippen LogP contribution in [0.2, 0.25) is 0 Å². The number of aryl methyl sites for hydroxylation is 1. The molecular weight excluding hydrogens is 348 g/mol. The maximum absolute atomic E-state index is 2.29. The van der Waals surface area contributed by atoms with Crippen molar-refractivity contribution in [3.8, 4) is 22.3 Å². The summed E-state index contributed by atoms with van der Waals surface area (Å²) >= 11 is 0. The van der Waals surface area contributed by atoms with Gasteiger partial charge in [0.1, 0.15) is 0 Å². The zero-order chi connectivity index (χ0) is 19.4. The highest BCUT2D eigenvalue weighted by atomic mass is 14.1. The Morgan fingerprint density at radius 2 is 1.07 bits per heavy atom. The molecule has 0 fully saturated rings. The molecule has 0 nitrogen and oxygen atoms in total. The zero-order valence-electron chi connectivity index (χ0n) is 16.3. The van der Waals surface area contributed by atoms with Crippen molar-refractivity contribution in [2.45, 2.75) is 6.92 Å². The lowest BCUT2D eigenvalue weighted by atomic mass is 9.89. The van der Waals surface area contributed by atoms with Gasteiger partial charge in [-0.05, 0) is 61.5 Å². The number of rotatable bonds is 2. The average molecular weight is 368 g/mol. The lowest BCUT2D eigenvalue weighted by molar-refractivity contribution is 1.47. The molecular formula is C29H20. The topological polar surface area (TPSA) is 0 Å². The van der Waals surface area contributed by atoms with Crippen LogP contribution in [0.25, 0.3) is 54.6 Å². The molecule has 29 heavy (non-hydrogen) atoms. The van der Waals surface area contributed by atoms with Crippen molar-refractivity contribution in [3.63, 3.8) is 0 Å². The van der Waals surface area contributed by atoms with Gasteiger partial charge in [-0.25, -0.2) is 0 Å². The fourth-order valence-electron chi connectivity index (χ4n) is 4.65. The standard InChI is InChI=1S/C29H20/c1-19-4-2-7-25(18-19)20-8-10-21(11-9-20)26-16-14-24-13-12-22-5-3-6-23-15-17-27(26)29(24)28(22)23/h2-18H,1H3. The van der Waals surface area contributed by atoms with Gasteiger partial charge >= 0.3 is 0 Å². The highest BCUT2D eigenvalue weighted by Crippen LogP contribution is 2.39. The van der Waals surface area contributed by atoms with E-state index in [4.69, 9.17) is 0 Å². The molecule has 0 heterocycles. The van der Waals surface area contributed by atoms with Gasteiger partial charge in [-0.1, -0.05) is 109 Å². The van der Waals surface area contributed by atoms with Crippen LogP contribution in [-0.2, 0) is 0 Å². The van der Waals surface area contributed by atoms with Crippen molar-refractivity contribution in [2.24, 2.45) is 0 Å². The molecule has 0 N–H and O–H groups in total. The quantitative estimate of drug-likeness (QED) is 0.270. The first-order valence-electron chi connectivity index (χ1n) is 10.1. The average Bonchev–Trinajstić information content (AvgIpc) is 2.77. The van der Waals surface area contributed by atoms with Gasteiger partial charge in [0, 0.05) is 0 Å². The van der Waals surface area contributed by atoms with Gasteiger partial charge in [0.05, 0.1) is 0 Å². The van der Waals surface area contributed by atoms with Crippen LogP contribution in [0.4, 0.5) is 0 Å². The first-order valence-corrected chi connectivity index (χ1v) is 10.1. The van der Waals surface area contributed by atoms with E-state index in [1.807, 2.05) is 0 Å². The van der Waals surface area contributed by atoms with Crippen LogP contribution >= 0.6 is 0 Å². The second kappa shape index (κ2) is 6.18. The molecule has 0 atom stereocenters. The van der Waals surface area contributed by atoms with Crippen molar-refractivity contribution < 1.29 is 0 Å². The van der Waals surface area contributed by atoms with Crippen molar-refractivity contribution in [1.29, 1.82) is 0 Å². The van der Waals surface area contributed by atoms with E-state index >= 15 is 0 Å². The Labute approximate surface area is 170 Å². The third kappa shape index (κ3) is 2.53. The van der Waals surface area contributed by atoms with Gasteiger partial charge in [0.15, 0.2) is 0 Å². The zero-order valence-corrected chi connectivity index (χ0v) is 16.3. The Hall–Kier alpha value is -3.64. The van der Waals surface area contributed by atoms with E-state index in [2.05, 4.69) is 110 Å². The smallest absolute Gasteiger partial charge is 0.00206 e. The first kappa shape index (κ1) is 16.3. The van der Waals surface area contributed by atoms with Crippen LogP contribution in [-0.4, -0.2) is 0 Å². The predicted octanol–water partition coefficient (Wildman–Crippen LogP) is 8.23. The van der Waals surface area contributed by atoms with E-state index < -0.39 is 0 Å². The molecule has 6 rings (SSSR count). The molecule has 136 valence electrons. The third-order valence-corrected chi connectivity index (χ3v) is 6.08. The summed E-state index contributed by atoms with van der Waals surface area (Å²) in [7, 11) is 0. The summed E-state index contributed by atoms with van der Waals surface area (Å²) in [6.45, 7) is 2.14. The van der Waals surface area contributed by atoms with Crippen LogP contribution in [0.1, 0.15) is 5.56 Å². The second-order valence-corrected chi connectivity index (χ2v) is 7.92. The molecule has 0 aromatic heterocycles. The van der Waals surface area contributed by atoms with E-state index in [0.29, 0.717) is 0 Å². The molecule has 0 unspecified atom stereocenters. The van der Waals surface area contributed by atoms with Gasteiger partial charge in [0.25, 0.3) is 0 Å². The lowest BCUT2D eigenvalue weighted by Gasteiger charge is -2.14. The number of hydrogen-bond donors (Lipinski definition) is 0. The molecule has 0 aliphatic carbocycles. The summed E-state index contributed by atoms with van der Waals surface area (Å²) in [5.41, 5.74) is 6.38. The van der Waals surface area contributed by atoms with Gasteiger partial charge in [-0.2, -0.15) is 0 Å². The van der Waals surface area contributed by atoms with Crippen LogP contribution in [0.3, 0.4) is 0 Å². The molecule has 0 bridgehead atoms. The summed E-state index contributed by atoms with van der Waals surface area (Å²) in [6, 6.07) is 37.8. The molecule has 0 spiro atoms. The van der Waals surface area contributed by atoms with E-state index in [9.17, 15) is 0 Å². The Morgan fingerprint density at radius 3 is 1.83 bits per heavy atom. The minimum Gasteiger partial charge on any atom is -0.0614 e. The normalized spacial score (nSPS) is 11.6. The van der Waals surface area contributed by atoms with Gasteiger partial charge in [-0.3, -0.25) is 0 Å². The van der Waals surface area contributed by atoms with Crippen LogP contribution < -0.4 is 0 Å². The van der Waals surface area contributed by atoms with Crippen molar-refractivity contribution in [3.05, 3.63) is 109 Å². The Balaban J connectivity index is 1.56. The molecule has 0 amide bonds. The SMILES string of the molecule is Cc1cccc(-c2ccc(-c3ccc4ccc5cccc6ccc3c4c56)cc2)c1. The van der Waals surface area contributed by atoms with Crippen molar-refractivity contribution in [1.82, 2.24) is 0 Å². The first-order chi connectivity index (χ1) is 14.3. The highest BCUT2D eigenvalue weighted by molar-refractivity contribution is 6.25. The molecule has 6 aromatic carbocycles.